The Morgan fingerprint density at radius 1 is 1.29 bits per heavy atom. The number of thiophene rings is 1. The van der Waals surface area contributed by atoms with Crippen LogP contribution in [0.5, 0.6) is 0 Å². The molecule has 0 aliphatic heterocycles. The van der Waals surface area contributed by atoms with Crippen LogP contribution in [0.25, 0.3) is 0 Å². The van der Waals surface area contributed by atoms with Crippen LogP contribution in [0.2, 0.25) is 0 Å². The molecule has 0 aromatic carbocycles. The molecule has 2 aliphatic carbocycles. The average molecular weight is 349 g/mol. The molecule has 5 heteroatoms. The van der Waals surface area contributed by atoms with Gasteiger partial charge in [-0.25, -0.2) is 0 Å². The van der Waals surface area contributed by atoms with Crippen molar-refractivity contribution in [3.05, 3.63) is 16.0 Å². The van der Waals surface area contributed by atoms with Crippen LogP contribution < -0.4 is 11.1 Å². The highest BCUT2D eigenvalue weighted by Gasteiger charge is 2.35. The van der Waals surface area contributed by atoms with Crippen LogP contribution in [0.4, 0.5) is 5.00 Å². The molecule has 132 valence electrons. The summed E-state index contributed by atoms with van der Waals surface area (Å²) in [5, 5.41) is 3.68. The van der Waals surface area contributed by atoms with E-state index in [4.69, 9.17) is 5.73 Å². The molecular weight excluding hydrogens is 320 g/mol. The van der Waals surface area contributed by atoms with Crippen molar-refractivity contribution in [2.24, 2.45) is 23.0 Å². The average Bonchev–Trinajstić information content (AvgIpc) is 2.81. The van der Waals surface area contributed by atoms with Crippen LogP contribution in [0.3, 0.4) is 0 Å². The zero-order chi connectivity index (χ0) is 17.5. The quantitative estimate of drug-likeness (QED) is 0.840. The molecule has 3 rings (SSSR count). The maximum absolute atomic E-state index is 12.3. The second kappa shape index (κ2) is 6.51. The molecule has 0 spiro atoms. The summed E-state index contributed by atoms with van der Waals surface area (Å²) in [7, 11) is 0. The standard InChI is InChI=1S/C19H28N2O2S/c1-4-19(2,3)12-8-9-13-14(10-12)24-18(15(13)16(20)22)21-17(23)11-6-5-7-11/h11-12H,4-10H2,1-3H3,(H2,20,22)(H,21,23). The molecule has 1 aromatic heterocycles. The molecule has 0 saturated heterocycles. The Morgan fingerprint density at radius 2 is 2.00 bits per heavy atom. The molecule has 0 bridgehead atoms. The molecule has 0 radical (unpaired) electrons. The number of nitrogens with one attached hydrogen (secondary N) is 1. The maximum Gasteiger partial charge on any atom is 0.251 e. The number of carbonyl (C=O) groups is 2. The summed E-state index contributed by atoms with van der Waals surface area (Å²) in [5.74, 6) is 0.360. The summed E-state index contributed by atoms with van der Waals surface area (Å²) in [4.78, 5) is 25.5. The van der Waals surface area contributed by atoms with E-state index in [-0.39, 0.29) is 11.8 Å². The van der Waals surface area contributed by atoms with Crippen molar-refractivity contribution in [2.45, 2.75) is 65.7 Å². The molecular formula is C19H28N2O2S. The summed E-state index contributed by atoms with van der Waals surface area (Å²) in [6.45, 7) is 6.89. The minimum atomic E-state index is -0.412. The molecule has 24 heavy (non-hydrogen) atoms. The van der Waals surface area contributed by atoms with E-state index in [1.54, 1.807) is 11.3 Å². The Bertz CT molecular complexity index is 659. The van der Waals surface area contributed by atoms with Crippen LogP contribution >= 0.6 is 11.3 Å². The van der Waals surface area contributed by atoms with E-state index in [1.807, 2.05) is 0 Å². The van der Waals surface area contributed by atoms with Crippen molar-refractivity contribution < 1.29 is 9.59 Å². The van der Waals surface area contributed by atoms with Gasteiger partial charge in [-0.05, 0) is 49.0 Å². The molecule has 2 amide bonds. The van der Waals surface area contributed by atoms with E-state index in [0.29, 0.717) is 21.9 Å². The number of fused-ring (bicyclic) bond motifs is 1. The molecule has 1 saturated carbocycles. The minimum absolute atomic E-state index is 0.0489. The van der Waals surface area contributed by atoms with E-state index in [1.165, 1.54) is 4.88 Å². The number of anilines is 1. The van der Waals surface area contributed by atoms with E-state index >= 15 is 0 Å². The topological polar surface area (TPSA) is 72.2 Å². The van der Waals surface area contributed by atoms with Gasteiger partial charge in [-0.3, -0.25) is 9.59 Å². The van der Waals surface area contributed by atoms with Crippen LogP contribution in [-0.2, 0) is 17.6 Å². The third-order valence-corrected chi connectivity index (χ3v) is 7.41. The Balaban J connectivity index is 1.86. The Labute approximate surface area is 148 Å². The van der Waals surface area contributed by atoms with Gasteiger partial charge in [0.25, 0.3) is 5.91 Å². The van der Waals surface area contributed by atoms with E-state index in [2.05, 4.69) is 26.1 Å². The molecule has 1 unspecified atom stereocenters. The van der Waals surface area contributed by atoms with E-state index in [9.17, 15) is 9.59 Å². The Hall–Kier alpha value is -1.36. The first-order valence-electron chi connectivity index (χ1n) is 9.08. The van der Waals surface area contributed by atoms with Crippen LogP contribution in [0, 0.1) is 17.3 Å². The van der Waals surface area contributed by atoms with Gasteiger partial charge in [0.2, 0.25) is 5.91 Å². The number of hydrogen-bond acceptors (Lipinski definition) is 3. The fraction of sp³-hybridized carbons (Fsp3) is 0.684. The molecule has 4 nitrogen and oxygen atoms in total. The predicted octanol–water partition coefficient (Wildman–Crippen LogP) is 4.13. The van der Waals surface area contributed by atoms with Gasteiger partial charge in [0.05, 0.1) is 5.56 Å². The largest absolute Gasteiger partial charge is 0.365 e. The Morgan fingerprint density at radius 3 is 2.54 bits per heavy atom. The predicted molar refractivity (Wildman–Crippen MR) is 98.4 cm³/mol. The van der Waals surface area contributed by atoms with Gasteiger partial charge < -0.3 is 11.1 Å². The monoisotopic (exact) mass is 348 g/mol. The van der Waals surface area contributed by atoms with Gasteiger partial charge in [0.15, 0.2) is 0 Å². The van der Waals surface area contributed by atoms with Gasteiger partial charge in [0.1, 0.15) is 5.00 Å². The SMILES string of the molecule is CCC(C)(C)C1CCc2c(sc(NC(=O)C3CCC3)c2C(N)=O)C1. The number of nitrogens with two attached hydrogens (primary N) is 1. The highest BCUT2D eigenvalue weighted by atomic mass is 32.1. The van der Waals surface area contributed by atoms with Gasteiger partial charge >= 0.3 is 0 Å². The summed E-state index contributed by atoms with van der Waals surface area (Å²) >= 11 is 1.57. The first-order valence-corrected chi connectivity index (χ1v) is 9.90. The van der Waals surface area contributed by atoms with Crippen LogP contribution in [0.15, 0.2) is 0 Å². The summed E-state index contributed by atoms with van der Waals surface area (Å²) < 4.78 is 0. The number of rotatable bonds is 5. The fourth-order valence-corrected chi connectivity index (χ4v) is 5.11. The normalized spacial score (nSPS) is 21.0. The smallest absolute Gasteiger partial charge is 0.251 e. The fourth-order valence-electron chi connectivity index (χ4n) is 3.77. The molecule has 1 aromatic rings. The molecule has 1 fully saturated rings. The lowest BCUT2D eigenvalue weighted by Gasteiger charge is -2.36. The van der Waals surface area contributed by atoms with Crippen molar-refractivity contribution in [3.8, 4) is 0 Å². The number of hydrogen-bond donors (Lipinski definition) is 2. The zero-order valence-corrected chi connectivity index (χ0v) is 15.7. The zero-order valence-electron chi connectivity index (χ0n) is 14.9. The lowest BCUT2D eigenvalue weighted by Crippen LogP contribution is -2.29. The lowest BCUT2D eigenvalue weighted by atomic mass is 9.69. The molecule has 1 heterocycles. The van der Waals surface area contributed by atoms with Crippen molar-refractivity contribution in [1.82, 2.24) is 0 Å². The number of carbonyl (C=O) groups excluding carboxylic acids is 2. The third-order valence-electron chi connectivity index (χ3n) is 6.24. The van der Waals surface area contributed by atoms with Crippen molar-refractivity contribution in [3.63, 3.8) is 0 Å². The molecule has 1 atom stereocenters. The van der Waals surface area contributed by atoms with Gasteiger partial charge in [-0.2, -0.15) is 0 Å². The van der Waals surface area contributed by atoms with Crippen molar-refractivity contribution in [1.29, 1.82) is 0 Å². The van der Waals surface area contributed by atoms with Crippen molar-refractivity contribution >= 4 is 28.2 Å². The first kappa shape index (κ1) is 17.5. The van der Waals surface area contributed by atoms with Gasteiger partial charge in [-0.1, -0.05) is 33.6 Å². The second-order valence-electron chi connectivity index (χ2n) is 7.97. The molecule has 2 aliphatic rings. The third kappa shape index (κ3) is 3.10. The van der Waals surface area contributed by atoms with E-state index in [0.717, 1.165) is 50.5 Å². The summed E-state index contributed by atoms with van der Waals surface area (Å²) in [6, 6.07) is 0. The van der Waals surface area contributed by atoms with Gasteiger partial charge in [-0.15, -0.1) is 11.3 Å². The number of primary amides is 1. The second-order valence-corrected chi connectivity index (χ2v) is 9.08. The van der Waals surface area contributed by atoms with E-state index < -0.39 is 5.91 Å². The van der Waals surface area contributed by atoms with Gasteiger partial charge in [0, 0.05) is 10.8 Å². The van der Waals surface area contributed by atoms with Crippen molar-refractivity contribution in [2.75, 3.05) is 5.32 Å². The highest BCUT2D eigenvalue weighted by Crippen LogP contribution is 2.45. The van der Waals surface area contributed by atoms with Crippen LogP contribution in [-0.4, -0.2) is 11.8 Å². The Kier molecular flexibility index (Phi) is 4.73. The summed E-state index contributed by atoms with van der Waals surface area (Å²) in [6.07, 6.45) is 7.13. The molecule has 3 N–H and O–H groups in total. The minimum Gasteiger partial charge on any atom is -0.365 e. The van der Waals surface area contributed by atoms with Crippen LogP contribution in [0.1, 0.15) is 73.7 Å². The first-order chi connectivity index (χ1) is 11.3. The highest BCUT2D eigenvalue weighted by molar-refractivity contribution is 7.17. The maximum atomic E-state index is 12.3. The number of amides is 2. The lowest BCUT2D eigenvalue weighted by molar-refractivity contribution is -0.122. The summed E-state index contributed by atoms with van der Waals surface area (Å²) in [5.41, 5.74) is 7.59.